The van der Waals surface area contributed by atoms with Gasteiger partial charge in [0.15, 0.2) is 0 Å². The molecule has 0 aromatic rings. The lowest BCUT2D eigenvalue weighted by Gasteiger charge is -2.15. The normalized spacial score (nSPS) is 18.8. The maximum Gasteiger partial charge on any atom is 0.233 e. The number of carbonyl (C=O) groups is 1. The zero-order chi connectivity index (χ0) is 9.84. The number of nitrogens with one attached hydrogen (secondary N) is 1. The molecule has 1 aliphatic rings. The largest absolute Gasteiger partial charge is 0.354 e. The molecule has 0 heterocycles. The molecule has 1 atom stereocenters. The smallest absolute Gasteiger partial charge is 0.233 e. The maximum absolute atomic E-state index is 11.1. The van der Waals surface area contributed by atoms with E-state index in [0.29, 0.717) is 0 Å². The molecule has 76 valence electrons. The third kappa shape index (κ3) is 4.09. The fourth-order valence-corrected chi connectivity index (χ4v) is 1.36. The molecule has 0 spiro atoms. The Kier molecular flexibility index (Phi) is 4.19. The van der Waals surface area contributed by atoms with Gasteiger partial charge in [-0.1, -0.05) is 15.9 Å². The summed E-state index contributed by atoms with van der Waals surface area (Å²) in [4.78, 5) is 13.4. The summed E-state index contributed by atoms with van der Waals surface area (Å²) in [7, 11) is 2.11. The van der Waals surface area contributed by atoms with Crippen LogP contribution in [-0.2, 0) is 4.79 Å². The first kappa shape index (κ1) is 11.0. The van der Waals surface area contributed by atoms with E-state index >= 15 is 0 Å². The minimum atomic E-state index is -0.0845. The standard InChI is InChI=1S/C9H17BrN2O/c1-7(10)9(13)11-5-6-12(2)8-3-4-8/h7-8H,3-6H2,1-2H3,(H,11,13). The molecule has 1 rings (SSSR count). The molecular weight excluding hydrogens is 232 g/mol. The number of hydrogen-bond donors (Lipinski definition) is 1. The van der Waals surface area contributed by atoms with Crippen molar-refractivity contribution in [2.75, 3.05) is 20.1 Å². The van der Waals surface area contributed by atoms with E-state index in [1.165, 1.54) is 12.8 Å². The molecule has 0 aliphatic heterocycles. The van der Waals surface area contributed by atoms with Crippen LogP contribution in [0.3, 0.4) is 0 Å². The van der Waals surface area contributed by atoms with Gasteiger partial charge in [0.2, 0.25) is 5.91 Å². The molecule has 0 bridgehead atoms. The fraction of sp³-hybridized carbons (Fsp3) is 0.889. The van der Waals surface area contributed by atoms with E-state index in [0.717, 1.165) is 19.1 Å². The predicted molar refractivity (Wildman–Crippen MR) is 57.1 cm³/mol. The topological polar surface area (TPSA) is 32.3 Å². The van der Waals surface area contributed by atoms with Gasteiger partial charge < -0.3 is 10.2 Å². The van der Waals surface area contributed by atoms with Gasteiger partial charge in [-0.25, -0.2) is 0 Å². The van der Waals surface area contributed by atoms with Gasteiger partial charge in [0.1, 0.15) is 0 Å². The molecule has 0 aromatic heterocycles. The molecule has 3 nitrogen and oxygen atoms in total. The van der Waals surface area contributed by atoms with Gasteiger partial charge in [-0.3, -0.25) is 4.79 Å². The van der Waals surface area contributed by atoms with Crippen molar-refractivity contribution >= 4 is 21.8 Å². The van der Waals surface area contributed by atoms with Crippen molar-refractivity contribution in [3.05, 3.63) is 0 Å². The Hall–Kier alpha value is -0.0900. The van der Waals surface area contributed by atoms with E-state index in [1.807, 2.05) is 6.92 Å². The van der Waals surface area contributed by atoms with Gasteiger partial charge in [0, 0.05) is 19.1 Å². The molecule has 0 saturated heterocycles. The Morgan fingerprint density at radius 3 is 2.77 bits per heavy atom. The summed E-state index contributed by atoms with van der Waals surface area (Å²) in [5.74, 6) is 0.0733. The van der Waals surface area contributed by atoms with Gasteiger partial charge in [-0.2, -0.15) is 0 Å². The van der Waals surface area contributed by atoms with Gasteiger partial charge in [-0.15, -0.1) is 0 Å². The molecular formula is C9H17BrN2O. The summed E-state index contributed by atoms with van der Waals surface area (Å²) < 4.78 is 0. The molecule has 1 aliphatic carbocycles. The zero-order valence-electron chi connectivity index (χ0n) is 8.22. The lowest BCUT2D eigenvalue weighted by molar-refractivity contribution is -0.120. The third-order valence-electron chi connectivity index (χ3n) is 2.30. The quantitative estimate of drug-likeness (QED) is 0.737. The van der Waals surface area contributed by atoms with Crippen LogP contribution in [0.25, 0.3) is 0 Å². The third-order valence-corrected chi connectivity index (χ3v) is 2.71. The van der Waals surface area contributed by atoms with Crippen LogP contribution in [0.4, 0.5) is 0 Å². The summed E-state index contributed by atoms with van der Waals surface area (Å²) in [6, 6.07) is 0.776. The molecule has 1 unspecified atom stereocenters. The monoisotopic (exact) mass is 248 g/mol. The molecule has 0 radical (unpaired) electrons. The average molecular weight is 249 g/mol. The van der Waals surface area contributed by atoms with Crippen LogP contribution in [0.1, 0.15) is 19.8 Å². The van der Waals surface area contributed by atoms with Crippen molar-refractivity contribution in [1.82, 2.24) is 10.2 Å². The number of rotatable bonds is 5. The van der Waals surface area contributed by atoms with Crippen LogP contribution in [0, 0.1) is 0 Å². The van der Waals surface area contributed by atoms with Crippen molar-refractivity contribution in [2.24, 2.45) is 0 Å². The summed E-state index contributed by atoms with van der Waals surface area (Å²) in [5.41, 5.74) is 0. The maximum atomic E-state index is 11.1. The molecule has 0 aromatic carbocycles. The number of amides is 1. The van der Waals surface area contributed by atoms with Crippen LogP contribution >= 0.6 is 15.9 Å². The number of likely N-dealkylation sites (N-methyl/N-ethyl adjacent to an activating group) is 1. The second kappa shape index (κ2) is 4.96. The van der Waals surface area contributed by atoms with Crippen molar-refractivity contribution in [3.63, 3.8) is 0 Å². The van der Waals surface area contributed by atoms with Gasteiger partial charge in [-0.05, 0) is 26.8 Å². The van der Waals surface area contributed by atoms with E-state index in [2.05, 4.69) is 33.2 Å². The predicted octanol–water partition coefficient (Wildman–Crippen LogP) is 0.980. The second-order valence-corrected chi connectivity index (χ2v) is 4.99. The lowest BCUT2D eigenvalue weighted by Crippen LogP contribution is -2.36. The fourth-order valence-electron chi connectivity index (χ4n) is 1.19. The molecule has 1 saturated carbocycles. The molecule has 4 heteroatoms. The molecule has 13 heavy (non-hydrogen) atoms. The highest BCUT2D eigenvalue weighted by Gasteiger charge is 2.25. The van der Waals surface area contributed by atoms with Crippen LogP contribution in [0.15, 0.2) is 0 Å². The first-order valence-corrected chi connectivity index (χ1v) is 5.65. The number of nitrogens with zero attached hydrogens (tertiary/aromatic N) is 1. The molecule has 1 amide bonds. The number of carbonyl (C=O) groups excluding carboxylic acids is 1. The van der Waals surface area contributed by atoms with Crippen molar-refractivity contribution in [2.45, 2.75) is 30.6 Å². The number of halogens is 1. The van der Waals surface area contributed by atoms with Crippen LogP contribution in [-0.4, -0.2) is 41.8 Å². The van der Waals surface area contributed by atoms with E-state index in [4.69, 9.17) is 0 Å². The minimum absolute atomic E-state index is 0.0733. The van der Waals surface area contributed by atoms with Crippen LogP contribution in [0.5, 0.6) is 0 Å². The zero-order valence-corrected chi connectivity index (χ0v) is 9.80. The highest BCUT2D eigenvalue weighted by Crippen LogP contribution is 2.24. The Balaban J connectivity index is 2.02. The van der Waals surface area contributed by atoms with Gasteiger partial charge in [0.05, 0.1) is 4.83 Å². The van der Waals surface area contributed by atoms with Crippen molar-refractivity contribution < 1.29 is 4.79 Å². The van der Waals surface area contributed by atoms with E-state index in [9.17, 15) is 4.79 Å². The van der Waals surface area contributed by atoms with E-state index in [1.54, 1.807) is 0 Å². The first-order chi connectivity index (χ1) is 6.11. The number of alkyl halides is 1. The minimum Gasteiger partial charge on any atom is -0.354 e. The Labute approximate surface area is 88.0 Å². The van der Waals surface area contributed by atoms with E-state index in [-0.39, 0.29) is 10.7 Å². The van der Waals surface area contributed by atoms with E-state index < -0.39 is 0 Å². The van der Waals surface area contributed by atoms with Gasteiger partial charge >= 0.3 is 0 Å². The Bertz CT molecular complexity index is 180. The van der Waals surface area contributed by atoms with Crippen LogP contribution < -0.4 is 5.32 Å². The Morgan fingerprint density at radius 1 is 1.69 bits per heavy atom. The van der Waals surface area contributed by atoms with Crippen LogP contribution in [0.2, 0.25) is 0 Å². The average Bonchev–Trinajstić information content (AvgIpc) is 2.85. The second-order valence-electron chi connectivity index (χ2n) is 3.62. The Morgan fingerprint density at radius 2 is 2.31 bits per heavy atom. The summed E-state index contributed by atoms with van der Waals surface area (Å²) in [6.45, 7) is 3.54. The summed E-state index contributed by atoms with van der Waals surface area (Å²) in [6.07, 6.45) is 2.64. The SMILES string of the molecule is CC(Br)C(=O)NCCN(C)C1CC1. The highest BCUT2D eigenvalue weighted by atomic mass is 79.9. The summed E-state index contributed by atoms with van der Waals surface area (Å²) in [5, 5.41) is 2.87. The van der Waals surface area contributed by atoms with Crippen molar-refractivity contribution in [1.29, 1.82) is 0 Å². The highest BCUT2D eigenvalue weighted by molar-refractivity contribution is 9.10. The molecule has 1 fully saturated rings. The summed E-state index contributed by atoms with van der Waals surface area (Å²) >= 11 is 3.22. The molecule has 1 N–H and O–H groups in total. The lowest BCUT2D eigenvalue weighted by atomic mass is 10.4. The van der Waals surface area contributed by atoms with Crippen molar-refractivity contribution in [3.8, 4) is 0 Å². The number of hydrogen-bond acceptors (Lipinski definition) is 2. The van der Waals surface area contributed by atoms with Gasteiger partial charge in [0.25, 0.3) is 0 Å². The first-order valence-electron chi connectivity index (χ1n) is 4.73.